The standard InChI is InChI=1S/C19H20F3N3OS/c1-18(2,3)13-9-7-12(8-10-13)16(26)24-25-17(27)23-15-6-4-5-14(11-15)19(20,21)22/h4-11H,1-3H3,(H,24,26)(H2,23,25,27). The first-order valence-electron chi connectivity index (χ1n) is 8.12. The third kappa shape index (κ3) is 5.96. The van der Waals surface area contributed by atoms with Crippen LogP contribution in [-0.2, 0) is 11.6 Å². The zero-order chi connectivity index (χ0) is 20.2. The van der Waals surface area contributed by atoms with Crippen molar-refractivity contribution >= 4 is 28.9 Å². The van der Waals surface area contributed by atoms with E-state index in [2.05, 4.69) is 36.9 Å². The van der Waals surface area contributed by atoms with Crippen LogP contribution in [0, 0.1) is 0 Å². The number of halogens is 3. The molecule has 0 spiro atoms. The first-order valence-corrected chi connectivity index (χ1v) is 8.53. The molecule has 0 aliphatic rings. The Morgan fingerprint density at radius 3 is 2.11 bits per heavy atom. The summed E-state index contributed by atoms with van der Waals surface area (Å²) in [6, 6.07) is 11.7. The lowest BCUT2D eigenvalue weighted by atomic mass is 9.87. The van der Waals surface area contributed by atoms with E-state index in [9.17, 15) is 18.0 Å². The van der Waals surface area contributed by atoms with Gasteiger partial charge in [-0.15, -0.1) is 0 Å². The number of hydrogen-bond donors (Lipinski definition) is 3. The summed E-state index contributed by atoms with van der Waals surface area (Å²) in [5, 5.41) is 2.56. The second-order valence-electron chi connectivity index (χ2n) is 6.94. The van der Waals surface area contributed by atoms with Gasteiger partial charge in [-0.25, -0.2) is 0 Å². The minimum atomic E-state index is -4.44. The summed E-state index contributed by atoms with van der Waals surface area (Å²) >= 11 is 4.99. The van der Waals surface area contributed by atoms with Gasteiger partial charge in [0.1, 0.15) is 0 Å². The summed E-state index contributed by atoms with van der Waals surface area (Å²) in [6.07, 6.45) is -4.44. The maximum absolute atomic E-state index is 12.7. The molecule has 4 nitrogen and oxygen atoms in total. The van der Waals surface area contributed by atoms with Gasteiger partial charge in [0.05, 0.1) is 5.56 Å². The number of rotatable bonds is 2. The van der Waals surface area contributed by atoms with Gasteiger partial charge < -0.3 is 5.32 Å². The van der Waals surface area contributed by atoms with Crippen molar-refractivity contribution in [2.24, 2.45) is 0 Å². The molecule has 144 valence electrons. The predicted octanol–water partition coefficient (Wildman–Crippen LogP) is 4.63. The fourth-order valence-electron chi connectivity index (χ4n) is 2.24. The summed E-state index contributed by atoms with van der Waals surface area (Å²) in [7, 11) is 0. The van der Waals surface area contributed by atoms with E-state index in [1.165, 1.54) is 12.1 Å². The Hall–Kier alpha value is -2.61. The summed E-state index contributed by atoms with van der Waals surface area (Å²) < 4.78 is 38.1. The van der Waals surface area contributed by atoms with Crippen molar-refractivity contribution in [3.05, 3.63) is 65.2 Å². The van der Waals surface area contributed by atoms with Crippen LogP contribution in [0.25, 0.3) is 0 Å². The molecule has 2 rings (SSSR count). The van der Waals surface area contributed by atoms with Gasteiger partial charge in [0, 0.05) is 11.3 Å². The highest BCUT2D eigenvalue weighted by Crippen LogP contribution is 2.30. The monoisotopic (exact) mass is 395 g/mol. The Labute approximate surface area is 161 Å². The highest BCUT2D eigenvalue weighted by molar-refractivity contribution is 7.80. The van der Waals surface area contributed by atoms with Crippen molar-refractivity contribution in [2.75, 3.05) is 5.32 Å². The fourth-order valence-corrected chi connectivity index (χ4v) is 2.41. The minimum absolute atomic E-state index is 0.0241. The lowest BCUT2D eigenvalue weighted by Crippen LogP contribution is -2.43. The van der Waals surface area contributed by atoms with E-state index < -0.39 is 17.6 Å². The molecule has 0 aliphatic carbocycles. The molecule has 0 saturated heterocycles. The van der Waals surface area contributed by atoms with Crippen molar-refractivity contribution in [3.8, 4) is 0 Å². The van der Waals surface area contributed by atoms with Crippen molar-refractivity contribution in [1.82, 2.24) is 10.9 Å². The number of hydrazine groups is 1. The van der Waals surface area contributed by atoms with Crippen molar-refractivity contribution in [1.29, 1.82) is 0 Å². The molecular formula is C19H20F3N3OS. The van der Waals surface area contributed by atoms with Crippen LogP contribution in [0.5, 0.6) is 0 Å². The first kappa shape index (κ1) is 20.7. The number of amides is 1. The van der Waals surface area contributed by atoms with Crippen LogP contribution in [-0.4, -0.2) is 11.0 Å². The molecule has 0 atom stereocenters. The normalized spacial score (nSPS) is 11.6. The number of carbonyl (C=O) groups is 1. The van der Waals surface area contributed by atoms with Crippen LogP contribution in [0.2, 0.25) is 0 Å². The molecule has 2 aromatic carbocycles. The average molecular weight is 395 g/mol. The van der Waals surface area contributed by atoms with E-state index in [1.807, 2.05) is 12.1 Å². The van der Waals surface area contributed by atoms with Crippen LogP contribution in [0.4, 0.5) is 18.9 Å². The van der Waals surface area contributed by atoms with Gasteiger partial charge in [-0.2, -0.15) is 13.2 Å². The summed E-state index contributed by atoms with van der Waals surface area (Å²) in [5.74, 6) is -0.413. The molecule has 27 heavy (non-hydrogen) atoms. The summed E-state index contributed by atoms with van der Waals surface area (Å²) in [6.45, 7) is 6.21. The lowest BCUT2D eigenvalue weighted by molar-refractivity contribution is -0.137. The van der Waals surface area contributed by atoms with Crippen LogP contribution in [0.1, 0.15) is 42.3 Å². The van der Waals surface area contributed by atoms with Gasteiger partial charge in [-0.3, -0.25) is 15.6 Å². The van der Waals surface area contributed by atoms with E-state index >= 15 is 0 Å². The number of anilines is 1. The van der Waals surface area contributed by atoms with Gasteiger partial charge in [0.25, 0.3) is 5.91 Å². The zero-order valence-electron chi connectivity index (χ0n) is 15.1. The summed E-state index contributed by atoms with van der Waals surface area (Å²) in [5.41, 5.74) is 5.74. The highest BCUT2D eigenvalue weighted by Gasteiger charge is 2.30. The Kier molecular flexibility index (Phi) is 6.10. The van der Waals surface area contributed by atoms with Crippen molar-refractivity contribution in [2.45, 2.75) is 32.4 Å². The molecule has 0 radical (unpaired) electrons. The molecule has 0 fully saturated rings. The van der Waals surface area contributed by atoms with Gasteiger partial charge in [0.2, 0.25) is 0 Å². The molecule has 0 heterocycles. The third-order valence-corrected chi connectivity index (χ3v) is 3.95. The van der Waals surface area contributed by atoms with E-state index in [0.29, 0.717) is 5.56 Å². The molecule has 1 amide bonds. The second-order valence-corrected chi connectivity index (χ2v) is 7.35. The Morgan fingerprint density at radius 1 is 0.926 bits per heavy atom. The SMILES string of the molecule is CC(C)(C)c1ccc(C(=O)NNC(=S)Nc2cccc(C(F)(F)F)c2)cc1. The van der Waals surface area contributed by atoms with E-state index in [4.69, 9.17) is 12.2 Å². The predicted molar refractivity (Wildman–Crippen MR) is 103 cm³/mol. The van der Waals surface area contributed by atoms with Gasteiger partial charge in [-0.05, 0) is 53.5 Å². The number of carbonyl (C=O) groups excluding carboxylic acids is 1. The van der Waals surface area contributed by atoms with Crippen LogP contribution in [0.15, 0.2) is 48.5 Å². The van der Waals surface area contributed by atoms with Crippen LogP contribution in [0.3, 0.4) is 0 Å². The average Bonchev–Trinajstić information content (AvgIpc) is 2.58. The Bertz CT molecular complexity index is 827. The van der Waals surface area contributed by atoms with E-state index in [-0.39, 0.29) is 16.2 Å². The van der Waals surface area contributed by atoms with Crippen LogP contribution >= 0.6 is 12.2 Å². The number of benzene rings is 2. The third-order valence-electron chi connectivity index (χ3n) is 3.75. The molecule has 3 N–H and O–H groups in total. The molecule has 0 saturated carbocycles. The zero-order valence-corrected chi connectivity index (χ0v) is 15.9. The van der Waals surface area contributed by atoms with Crippen molar-refractivity contribution < 1.29 is 18.0 Å². The maximum Gasteiger partial charge on any atom is 0.416 e. The topological polar surface area (TPSA) is 53.2 Å². The minimum Gasteiger partial charge on any atom is -0.331 e. The Morgan fingerprint density at radius 2 is 1.56 bits per heavy atom. The van der Waals surface area contributed by atoms with Gasteiger partial charge in [-0.1, -0.05) is 39.0 Å². The summed E-state index contributed by atoms with van der Waals surface area (Å²) in [4.78, 5) is 12.1. The molecule has 0 bridgehead atoms. The van der Waals surface area contributed by atoms with Gasteiger partial charge >= 0.3 is 6.18 Å². The van der Waals surface area contributed by atoms with E-state index in [0.717, 1.165) is 17.7 Å². The maximum atomic E-state index is 12.7. The van der Waals surface area contributed by atoms with Gasteiger partial charge in [0.15, 0.2) is 5.11 Å². The fraction of sp³-hybridized carbons (Fsp3) is 0.263. The molecule has 8 heteroatoms. The molecule has 0 aromatic heterocycles. The highest BCUT2D eigenvalue weighted by atomic mass is 32.1. The lowest BCUT2D eigenvalue weighted by Gasteiger charge is -2.19. The largest absolute Gasteiger partial charge is 0.416 e. The number of hydrogen-bond acceptors (Lipinski definition) is 2. The molecular weight excluding hydrogens is 375 g/mol. The van der Waals surface area contributed by atoms with Crippen LogP contribution < -0.4 is 16.2 Å². The molecule has 0 unspecified atom stereocenters. The molecule has 0 aliphatic heterocycles. The second kappa shape index (κ2) is 7.96. The number of nitrogens with one attached hydrogen (secondary N) is 3. The smallest absolute Gasteiger partial charge is 0.331 e. The first-order chi connectivity index (χ1) is 12.5. The number of thiocarbonyl (C=S) groups is 1. The Balaban J connectivity index is 1.93. The molecule has 2 aromatic rings. The van der Waals surface area contributed by atoms with Crippen molar-refractivity contribution in [3.63, 3.8) is 0 Å². The number of alkyl halides is 3. The quantitative estimate of drug-likeness (QED) is 0.512. The van der Waals surface area contributed by atoms with E-state index in [1.54, 1.807) is 12.1 Å².